The molecule has 0 fully saturated rings. The van der Waals surface area contributed by atoms with Crippen LogP contribution in [0.2, 0.25) is 0 Å². The molecule has 4 nitrogen and oxygen atoms in total. The van der Waals surface area contributed by atoms with Crippen molar-refractivity contribution in [3.63, 3.8) is 0 Å². The first kappa shape index (κ1) is 14.0. The number of aliphatic carboxylic acids is 1. The SMILES string of the molecule is CC(O)(C(=O)O)c1cccc(C(=O)c2ccccc2)c1. The Balaban J connectivity index is 2.41. The molecule has 2 rings (SSSR count). The van der Waals surface area contributed by atoms with Gasteiger partial charge in [-0.2, -0.15) is 0 Å². The zero-order valence-electron chi connectivity index (χ0n) is 10.9. The van der Waals surface area contributed by atoms with E-state index in [1.54, 1.807) is 36.4 Å². The summed E-state index contributed by atoms with van der Waals surface area (Å²) >= 11 is 0. The lowest BCUT2D eigenvalue weighted by molar-refractivity contribution is -0.157. The van der Waals surface area contributed by atoms with Crippen LogP contribution in [-0.2, 0) is 10.4 Å². The number of aliphatic hydroxyl groups is 1. The van der Waals surface area contributed by atoms with Gasteiger partial charge in [0.15, 0.2) is 11.4 Å². The Bertz CT molecular complexity index is 645. The van der Waals surface area contributed by atoms with Gasteiger partial charge >= 0.3 is 5.97 Å². The van der Waals surface area contributed by atoms with Crippen LogP contribution < -0.4 is 0 Å². The van der Waals surface area contributed by atoms with Crippen LogP contribution in [0.25, 0.3) is 0 Å². The largest absolute Gasteiger partial charge is 0.479 e. The highest BCUT2D eigenvalue weighted by Gasteiger charge is 2.32. The van der Waals surface area contributed by atoms with E-state index in [2.05, 4.69) is 0 Å². The van der Waals surface area contributed by atoms with E-state index in [4.69, 9.17) is 5.11 Å². The molecule has 2 N–H and O–H groups in total. The van der Waals surface area contributed by atoms with Crippen LogP contribution in [0.4, 0.5) is 0 Å². The smallest absolute Gasteiger partial charge is 0.340 e. The number of benzene rings is 2. The molecule has 2 aromatic carbocycles. The summed E-state index contributed by atoms with van der Waals surface area (Å²) in [6, 6.07) is 14.7. The summed E-state index contributed by atoms with van der Waals surface area (Å²) < 4.78 is 0. The number of carbonyl (C=O) groups is 2. The summed E-state index contributed by atoms with van der Waals surface area (Å²) in [6.45, 7) is 1.18. The number of carboxylic acid groups (broad SMARTS) is 1. The van der Waals surface area contributed by atoms with Crippen molar-refractivity contribution in [3.8, 4) is 0 Å². The molecule has 4 heteroatoms. The van der Waals surface area contributed by atoms with E-state index in [0.29, 0.717) is 11.1 Å². The minimum absolute atomic E-state index is 0.173. The zero-order valence-corrected chi connectivity index (χ0v) is 10.9. The van der Waals surface area contributed by atoms with Crippen molar-refractivity contribution in [2.24, 2.45) is 0 Å². The van der Waals surface area contributed by atoms with Crippen LogP contribution in [0.15, 0.2) is 54.6 Å². The maximum Gasteiger partial charge on any atom is 0.340 e. The van der Waals surface area contributed by atoms with Crippen LogP contribution in [0.1, 0.15) is 28.4 Å². The first-order chi connectivity index (χ1) is 9.43. The van der Waals surface area contributed by atoms with Gasteiger partial charge in [-0.1, -0.05) is 48.5 Å². The quantitative estimate of drug-likeness (QED) is 0.835. The van der Waals surface area contributed by atoms with Gasteiger partial charge in [0, 0.05) is 11.1 Å². The van der Waals surface area contributed by atoms with Crippen LogP contribution in [0, 0.1) is 0 Å². The van der Waals surface area contributed by atoms with Crippen molar-refractivity contribution in [3.05, 3.63) is 71.3 Å². The maximum atomic E-state index is 12.3. The summed E-state index contributed by atoms with van der Waals surface area (Å²) in [5, 5.41) is 18.9. The van der Waals surface area contributed by atoms with Gasteiger partial charge in [-0.3, -0.25) is 4.79 Å². The molecule has 20 heavy (non-hydrogen) atoms. The van der Waals surface area contributed by atoms with Crippen molar-refractivity contribution in [2.45, 2.75) is 12.5 Å². The van der Waals surface area contributed by atoms with E-state index < -0.39 is 11.6 Å². The second-order valence-corrected chi connectivity index (χ2v) is 4.65. The maximum absolute atomic E-state index is 12.3. The Morgan fingerprint density at radius 2 is 1.55 bits per heavy atom. The highest BCUT2D eigenvalue weighted by atomic mass is 16.4. The fourth-order valence-electron chi connectivity index (χ4n) is 1.84. The lowest BCUT2D eigenvalue weighted by atomic mass is 9.92. The standard InChI is InChI=1S/C16H14O4/c1-16(20,15(18)19)13-9-5-8-12(10-13)14(17)11-6-3-2-4-7-11/h2-10,20H,1H3,(H,18,19). The Kier molecular flexibility index (Phi) is 3.68. The number of ketones is 1. The van der Waals surface area contributed by atoms with Crippen molar-refractivity contribution in [1.82, 2.24) is 0 Å². The van der Waals surface area contributed by atoms with E-state index in [1.807, 2.05) is 6.07 Å². The fourth-order valence-corrected chi connectivity index (χ4v) is 1.84. The Morgan fingerprint density at radius 3 is 2.15 bits per heavy atom. The Hall–Kier alpha value is -2.46. The van der Waals surface area contributed by atoms with Crippen molar-refractivity contribution in [1.29, 1.82) is 0 Å². The molecule has 0 spiro atoms. The van der Waals surface area contributed by atoms with Gasteiger partial charge in [0.2, 0.25) is 0 Å². The average Bonchev–Trinajstić information content (AvgIpc) is 2.47. The molecule has 0 amide bonds. The summed E-state index contributed by atoms with van der Waals surface area (Å²) in [5.41, 5.74) is -0.992. The van der Waals surface area contributed by atoms with Crippen molar-refractivity contribution >= 4 is 11.8 Å². The molecule has 0 bridgehead atoms. The minimum Gasteiger partial charge on any atom is -0.479 e. The highest BCUT2D eigenvalue weighted by Crippen LogP contribution is 2.22. The summed E-state index contributed by atoms with van der Waals surface area (Å²) in [4.78, 5) is 23.3. The average molecular weight is 270 g/mol. The molecule has 0 aliphatic heterocycles. The van der Waals surface area contributed by atoms with Crippen LogP contribution in [0.3, 0.4) is 0 Å². The van der Waals surface area contributed by atoms with Gasteiger partial charge in [-0.05, 0) is 18.6 Å². The molecule has 0 aliphatic rings. The van der Waals surface area contributed by atoms with Crippen molar-refractivity contribution in [2.75, 3.05) is 0 Å². The molecule has 1 unspecified atom stereocenters. The first-order valence-corrected chi connectivity index (χ1v) is 6.09. The summed E-state index contributed by atoms with van der Waals surface area (Å²) in [5.74, 6) is -1.57. The molecule has 102 valence electrons. The number of carbonyl (C=O) groups excluding carboxylic acids is 1. The zero-order chi connectivity index (χ0) is 14.8. The second kappa shape index (κ2) is 5.27. The minimum atomic E-state index is -2.02. The molecule has 0 aromatic heterocycles. The lowest BCUT2D eigenvalue weighted by Crippen LogP contribution is -2.32. The summed E-state index contributed by atoms with van der Waals surface area (Å²) in [7, 11) is 0. The number of hydrogen-bond acceptors (Lipinski definition) is 3. The van der Waals surface area contributed by atoms with E-state index in [0.717, 1.165) is 0 Å². The topological polar surface area (TPSA) is 74.6 Å². The Labute approximate surface area is 116 Å². The van der Waals surface area contributed by atoms with Crippen molar-refractivity contribution < 1.29 is 19.8 Å². The van der Waals surface area contributed by atoms with Gasteiger partial charge in [0.05, 0.1) is 0 Å². The normalized spacial score (nSPS) is 13.5. The molecule has 0 radical (unpaired) electrons. The number of rotatable bonds is 4. The first-order valence-electron chi connectivity index (χ1n) is 6.09. The third kappa shape index (κ3) is 2.60. The Morgan fingerprint density at radius 1 is 0.950 bits per heavy atom. The molecular weight excluding hydrogens is 256 g/mol. The van der Waals surface area contributed by atoms with Crippen LogP contribution >= 0.6 is 0 Å². The van der Waals surface area contributed by atoms with Crippen LogP contribution in [0.5, 0.6) is 0 Å². The predicted molar refractivity (Wildman–Crippen MR) is 73.5 cm³/mol. The number of carboxylic acids is 1. The fraction of sp³-hybridized carbons (Fsp3) is 0.125. The molecular formula is C16H14O4. The molecule has 0 heterocycles. The molecule has 2 aromatic rings. The van der Waals surface area contributed by atoms with Gasteiger partial charge in [-0.15, -0.1) is 0 Å². The van der Waals surface area contributed by atoms with Gasteiger partial charge < -0.3 is 10.2 Å². The van der Waals surface area contributed by atoms with Crippen LogP contribution in [-0.4, -0.2) is 22.0 Å². The van der Waals surface area contributed by atoms with E-state index >= 15 is 0 Å². The van der Waals surface area contributed by atoms with E-state index in [-0.39, 0.29) is 11.3 Å². The number of hydrogen-bond donors (Lipinski definition) is 2. The lowest BCUT2D eigenvalue weighted by Gasteiger charge is -2.18. The van der Waals surface area contributed by atoms with E-state index in [1.165, 1.54) is 19.1 Å². The van der Waals surface area contributed by atoms with Gasteiger partial charge in [0.1, 0.15) is 0 Å². The van der Waals surface area contributed by atoms with Gasteiger partial charge in [-0.25, -0.2) is 4.79 Å². The molecule has 0 aliphatic carbocycles. The highest BCUT2D eigenvalue weighted by molar-refractivity contribution is 6.09. The molecule has 0 saturated heterocycles. The van der Waals surface area contributed by atoms with Gasteiger partial charge in [0.25, 0.3) is 0 Å². The molecule has 0 saturated carbocycles. The molecule has 1 atom stereocenters. The van der Waals surface area contributed by atoms with E-state index in [9.17, 15) is 14.7 Å². The predicted octanol–water partition coefficient (Wildman–Crippen LogP) is 2.21. The monoisotopic (exact) mass is 270 g/mol. The third-order valence-corrected chi connectivity index (χ3v) is 3.14. The second-order valence-electron chi connectivity index (χ2n) is 4.65. The summed E-state index contributed by atoms with van der Waals surface area (Å²) in [6.07, 6.45) is 0. The third-order valence-electron chi connectivity index (χ3n) is 3.14.